The Hall–Kier alpha value is -1.06. The molecule has 1 saturated heterocycles. The quantitative estimate of drug-likeness (QED) is 0.851. The molecule has 0 bridgehead atoms. The van der Waals surface area contributed by atoms with Crippen LogP contribution in [-0.2, 0) is 22.0 Å². The van der Waals surface area contributed by atoms with Crippen molar-refractivity contribution in [1.29, 1.82) is 0 Å². The topological polar surface area (TPSA) is 38.3 Å². The third-order valence-electron chi connectivity index (χ3n) is 3.14. The number of amides is 1. The summed E-state index contributed by atoms with van der Waals surface area (Å²) in [4.78, 5) is 11.9. The summed E-state index contributed by atoms with van der Waals surface area (Å²) in [5.74, 6) is 0.596. The van der Waals surface area contributed by atoms with E-state index < -0.39 is 0 Å². The summed E-state index contributed by atoms with van der Waals surface area (Å²) in [5, 5.41) is 2.96. The molecular formula is C14H18ClNO2. The largest absolute Gasteiger partial charge is 0.381 e. The normalized spacial score (nSPS) is 19.5. The first-order valence-corrected chi connectivity index (χ1v) is 6.82. The summed E-state index contributed by atoms with van der Waals surface area (Å²) in [7, 11) is 0. The number of hydrogen-bond donors (Lipinski definition) is 1. The minimum atomic E-state index is 0.00922. The zero-order chi connectivity index (χ0) is 12.8. The van der Waals surface area contributed by atoms with Gasteiger partial charge in [-0.1, -0.05) is 24.3 Å². The van der Waals surface area contributed by atoms with Gasteiger partial charge in [0.2, 0.25) is 5.91 Å². The molecule has 1 heterocycles. The van der Waals surface area contributed by atoms with Crippen LogP contribution in [0, 0.1) is 5.92 Å². The summed E-state index contributed by atoms with van der Waals surface area (Å²) in [6, 6.07) is 7.95. The number of carbonyl (C=O) groups excluding carboxylic acids is 1. The summed E-state index contributed by atoms with van der Waals surface area (Å²) in [5.41, 5.74) is 2.16. The highest BCUT2D eigenvalue weighted by Crippen LogP contribution is 2.14. The number of carbonyl (C=O) groups is 1. The van der Waals surface area contributed by atoms with Gasteiger partial charge in [0.25, 0.3) is 0 Å². The first kappa shape index (κ1) is 13.4. The zero-order valence-corrected chi connectivity index (χ0v) is 11.1. The number of ether oxygens (including phenoxy) is 1. The molecule has 98 valence electrons. The number of halogens is 1. The third-order valence-corrected chi connectivity index (χ3v) is 3.45. The van der Waals surface area contributed by atoms with Gasteiger partial charge in [0.1, 0.15) is 0 Å². The molecule has 1 amide bonds. The van der Waals surface area contributed by atoms with Crippen molar-refractivity contribution in [3.63, 3.8) is 0 Å². The Kier molecular flexibility index (Phi) is 5.02. The highest BCUT2D eigenvalue weighted by atomic mass is 35.5. The van der Waals surface area contributed by atoms with Crippen molar-refractivity contribution in [2.45, 2.75) is 25.3 Å². The van der Waals surface area contributed by atoms with Gasteiger partial charge in [0.15, 0.2) is 0 Å². The van der Waals surface area contributed by atoms with E-state index in [1.807, 2.05) is 24.3 Å². The first-order chi connectivity index (χ1) is 8.79. The van der Waals surface area contributed by atoms with E-state index in [4.69, 9.17) is 16.3 Å². The molecule has 0 spiro atoms. The molecule has 1 aliphatic heterocycles. The molecule has 1 atom stereocenters. The van der Waals surface area contributed by atoms with Crippen molar-refractivity contribution >= 4 is 17.5 Å². The molecule has 1 aromatic carbocycles. The van der Waals surface area contributed by atoms with Crippen LogP contribution in [-0.4, -0.2) is 19.1 Å². The van der Waals surface area contributed by atoms with Gasteiger partial charge in [-0.25, -0.2) is 0 Å². The molecule has 0 aromatic heterocycles. The van der Waals surface area contributed by atoms with Crippen molar-refractivity contribution in [1.82, 2.24) is 5.32 Å². The van der Waals surface area contributed by atoms with Crippen molar-refractivity contribution in [3.05, 3.63) is 35.4 Å². The molecule has 4 heteroatoms. The second-order valence-corrected chi connectivity index (χ2v) is 4.85. The SMILES string of the molecule is O=C(NCc1cccc(CCl)c1)C1CCCOC1. The van der Waals surface area contributed by atoms with Crippen molar-refractivity contribution in [2.75, 3.05) is 13.2 Å². The predicted octanol–water partition coefficient (Wildman–Crippen LogP) is 2.47. The average Bonchev–Trinajstić information content (AvgIpc) is 2.46. The molecule has 1 unspecified atom stereocenters. The number of benzene rings is 1. The van der Waals surface area contributed by atoms with Crippen LogP contribution < -0.4 is 5.32 Å². The molecule has 1 N–H and O–H groups in total. The van der Waals surface area contributed by atoms with Gasteiger partial charge in [0.05, 0.1) is 12.5 Å². The smallest absolute Gasteiger partial charge is 0.225 e. The van der Waals surface area contributed by atoms with Crippen LogP contribution in [0.25, 0.3) is 0 Å². The van der Waals surface area contributed by atoms with Gasteiger partial charge in [-0.15, -0.1) is 11.6 Å². The summed E-state index contributed by atoms with van der Waals surface area (Å²) >= 11 is 5.78. The number of hydrogen-bond acceptors (Lipinski definition) is 2. The molecule has 1 fully saturated rings. The van der Waals surface area contributed by atoms with Gasteiger partial charge in [-0.2, -0.15) is 0 Å². The maximum absolute atomic E-state index is 11.9. The van der Waals surface area contributed by atoms with E-state index in [0.29, 0.717) is 19.0 Å². The van der Waals surface area contributed by atoms with Crippen molar-refractivity contribution < 1.29 is 9.53 Å². The molecule has 1 aliphatic rings. The molecule has 0 radical (unpaired) electrons. The van der Waals surface area contributed by atoms with Crippen LogP contribution in [0.15, 0.2) is 24.3 Å². The lowest BCUT2D eigenvalue weighted by atomic mass is 10.0. The first-order valence-electron chi connectivity index (χ1n) is 6.29. The molecule has 2 rings (SSSR count). The lowest BCUT2D eigenvalue weighted by Gasteiger charge is -2.21. The number of nitrogens with one attached hydrogen (secondary N) is 1. The highest BCUT2D eigenvalue weighted by molar-refractivity contribution is 6.17. The Balaban J connectivity index is 1.84. The van der Waals surface area contributed by atoms with Crippen LogP contribution in [0.3, 0.4) is 0 Å². The van der Waals surface area contributed by atoms with Gasteiger partial charge in [-0.3, -0.25) is 4.79 Å². The minimum absolute atomic E-state index is 0.00922. The molecule has 3 nitrogen and oxygen atoms in total. The van der Waals surface area contributed by atoms with E-state index in [9.17, 15) is 4.79 Å². The van der Waals surface area contributed by atoms with E-state index in [1.54, 1.807) is 0 Å². The Morgan fingerprint density at radius 2 is 2.28 bits per heavy atom. The lowest BCUT2D eigenvalue weighted by molar-refractivity contribution is -0.129. The summed E-state index contributed by atoms with van der Waals surface area (Å²) < 4.78 is 5.31. The average molecular weight is 268 g/mol. The maximum atomic E-state index is 11.9. The number of alkyl halides is 1. The van der Waals surface area contributed by atoms with Gasteiger partial charge >= 0.3 is 0 Å². The van der Waals surface area contributed by atoms with Crippen molar-refractivity contribution in [3.8, 4) is 0 Å². The number of rotatable bonds is 4. The molecule has 18 heavy (non-hydrogen) atoms. The van der Waals surface area contributed by atoms with Crippen LogP contribution in [0.5, 0.6) is 0 Å². The Morgan fingerprint density at radius 3 is 3.00 bits per heavy atom. The molecular weight excluding hydrogens is 250 g/mol. The summed E-state index contributed by atoms with van der Waals surface area (Å²) in [6.45, 7) is 1.88. The Morgan fingerprint density at radius 1 is 1.44 bits per heavy atom. The van der Waals surface area contributed by atoms with Gasteiger partial charge in [0, 0.05) is 19.0 Å². The van der Waals surface area contributed by atoms with E-state index in [1.165, 1.54) is 0 Å². The minimum Gasteiger partial charge on any atom is -0.381 e. The maximum Gasteiger partial charge on any atom is 0.225 e. The predicted molar refractivity (Wildman–Crippen MR) is 71.4 cm³/mol. The van der Waals surface area contributed by atoms with Crippen LogP contribution >= 0.6 is 11.6 Å². The zero-order valence-electron chi connectivity index (χ0n) is 10.3. The fraction of sp³-hybridized carbons (Fsp3) is 0.500. The monoisotopic (exact) mass is 267 g/mol. The van der Waals surface area contributed by atoms with E-state index >= 15 is 0 Å². The van der Waals surface area contributed by atoms with Crippen LogP contribution in [0.2, 0.25) is 0 Å². The van der Waals surface area contributed by atoms with E-state index in [2.05, 4.69) is 5.32 Å². The van der Waals surface area contributed by atoms with E-state index in [0.717, 1.165) is 30.6 Å². The van der Waals surface area contributed by atoms with Gasteiger partial charge in [-0.05, 0) is 24.0 Å². The Bertz CT molecular complexity index is 403. The lowest BCUT2D eigenvalue weighted by Crippen LogP contribution is -2.35. The molecule has 0 aliphatic carbocycles. The second-order valence-electron chi connectivity index (χ2n) is 4.59. The fourth-order valence-electron chi connectivity index (χ4n) is 2.10. The van der Waals surface area contributed by atoms with Gasteiger partial charge < -0.3 is 10.1 Å². The Labute approximate surface area is 112 Å². The standard InChI is InChI=1S/C14H18ClNO2/c15-8-11-3-1-4-12(7-11)9-16-14(17)13-5-2-6-18-10-13/h1,3-4,7,13H,2,5-6,8-10H2,(H,16,17). The highest BCUT2D eigenvalue weighted by Gasteiger charge is 2.21. The molecule has 1 aromatic rings. The third kappa shape index (κ3) is 3.72. The van der Waals surface area contributed by atoms with Crippen molar-refractivity contribution in [2.24, 2.45) is 5.92 Å². The van der Waals surface area contributed by atoms with Crippen LogP contribution in [0.1, 0.15) is 24.0 Å². The summed E-state index contributed by atoms with van der Waals surface area (Å²) in [6.07, 6.45) is 1.90. The molecule has 0 saturated carbocycles. The second kappa shape index (κ2) is 6.76. The van der Waals surface area contributed by atoms with Crippen LogP contribution in [0.4, 0.5) is 0 Å². The van der Waals surface area contributed by atoms with E-state index in [-0.39, 0.29) is 11.8 Å². The fourth-order valence-corrected chi connectivity index (χ4v) is 2.27.